The number of carbonyl (C=O) groups excluding carboxylic acids is 1. The number of rotatable bonds is 4. The summed E-state index contributed by atoms with van der Waals surface area (Å²) in [5.41, 5.74) is 4.01. The van der Waals surface area contributed by atoms with E-state index in [1.54, 1.807) is 20.5 Å². The second-order valence-corrected chi connectivity index (χ2v) is 7.88. The number of nitrogens with one attached hydrogen (secondary N) is 1. The molecule has 1 aromatic heterocycles. The van der Waals surface area contributed by atoms with Crippen molar-refractivity contribution in [3.05, 3.63) is 71.3 Å². The third-order valence-corrected chi connectivity index (χ3v) is 6.16. The van der Waals surface area contributed by atoms with Crippen LogP contribution < -0.4 is 14.2 Å². The molecule has 2 unspecified atom stereocenters. The van der Waals surface area contributed by atoms with Gasteiger partial charge < -0.3 is 24.1 Å². The molecule has 0 saturated heterocycles. The third-order valence-electron chi connectivity index (χ3n) is 6.16. The molecule has 2 aliphatic rings. The average molecular weight is 419 g/mol. The SMILES string of the molecule is COc1ccc(C2c3nc[nH]c3CCN2C(=O)C2COc3c(cccc3OC)C2)cc1. The molecule has 0 bridgehead atoms. The number of methoxy groups -OCH3 is 2. The molecule has 0 spiro atoms. The second-order valence-electron chi connectivity index (χ2n) is 7.88. The van der Waals surface area contributed by atoms with Gasteiger partial charge >= 0.3 is 0 Å². The Morgan fingerprint density at radius 3 is 2.77 bits per heavy atom. The Balaban J connectivity index is 1.45. The van der Waals surface area contributed by atoms with E-state index in [9.17, 15) is 4.79 Å². The van der Waals surface area contributed by atoms with Crippen molar-refractivity contribution in [2.75, 3.05) is 27.4 Å². The molecule has 2 aromatic carbocycles. The van der Waals surface area contributed by atoms with E-state index in [2.05, 4.69) is 9.97 Å². The predicted molar refractivity (Wildman–Crippen MR) is 115 cm³/mol. The summed E-state index contributed by atoms with van der Waals surface area (Å²) in [4.78, 5) is 23.5. The summed E-state index contributed by atoms with van der Waals surface area (Å²) < 4.78 is 16.7. The molecule has 1 N–H and O–H groups in total. The maximum Gasteiger partial charge on any atom is 0.230 e. The van der Waals surface area contributed by atoms with Crippen LogP contribution in [-0.2, 0) is 17.6 Å². The smallest absolute Gasteiger partial charge is 0.230 e. The van der Waals surface area contributed by atoms with E-state index in [0.717, 1.165) is 40.4 Å². The minimum Gasteiger partial charge on any atom is -0.497 e. The number of amides is 1. The molecular weight excluding hydrogens is 394 g/mol. The molecule has 0 fully saturated rings. The highest BCUT2D eigenvalue weighted by atomic mass is 16.5. The molecule has 3 heterocycles. The number of aromatic amines is 1. The number of aromatic nitrogens is 2. The Morgan fingerprint density at radius 1 is 1.16 bits per heavy atom. The molecule has 2 atom stereocenters. The van der Waals surface area contributed by atoms with E-state index in [0.29, 0.717) is 25.3 Å². The van der Waals surface area contributed by atoms with Crippen molar-refractivity contribution < 1.29 is 19.0 Å². The van der Waals surface area contributed by atoms with Gasteiger partial charge in [0, 0.05) is 18.7 Å². The lowest BCUT2D eigenvalue weighted by atomic mass is 9.91. The van der Waals surface area contributed by atoms with Gasteiger partial charge in [0.25, 0.3) is 0 Å². The Kier molecular flexibility index (Phi) is 5.02. The summed E-state index contributed by atoms with van der Waals surface area (Å²) in [6, 6.07) is 13.4. The highest BCUT2D eigenvalue weighted by molar-refractivity contribution is 5.81. The van der Waals surface area contributed by atoms with Gasteiger partial charge in [-0.3, -0.25) is 4.79 Å². The van der Waals surface area contributed by atoms with Crippen LogP contribution in [0, 0.1) is 5.92 Å². The van der Waals surface area contributed by atoms with Gasteiger partial charge in [-0.2, -0.15) is 0 Å². The number of H-pyrrole nitrogens is 1. The first-order valence-corrected chi connectivity index (χ1v) is 10.4. The van der Waals surface area contributed by atoms with E-state index in [4.69, 9.17) is 14.2 Å². The third kappa shape index (κ3) is 3.40. The normalized spacial score (nSPS) is 19.7. The number of imidazole rings is 1. The topological polar surface area (TPSA) is 76.7 Å². The van der Waals surface area contributed by atoms with E-state index >= 15 is 0 Å². The molecule has 5 rings (SSSR count). The number of hydrogen-bond acceptors (Lipinski definition) is 5. The van der Waals surface area contributed by atoms with Crippen molar-refractivity contribution in [2.45, 2.75) is 18.9 Å². The van der Waals surface area contributed by atoms with E-state index in [1.807, 2.05) is 47.4 Å². The van der Waals surface area contributed by atoms with Gasteiger partial charge in [-0.05, 0) is 35.7 Å². The molecule has 31 heavy (non-hydrogen) atoms. The van der Waals surface area contributed by atoms with Crippen molar-refractivity contribution in [1.82, 2.24) is 14.9 Å². The molecule has 7 heteroatoms. The number of para-hydroxylation sites is 1. The van der Waals surface area contributed by atoms with Gasteiger partial charge in [-0.15, -0.1) is 0 Å². The van der Waals surface area contributed by atoms with Gasteiger partial charge in [0.15, 0.2) is 11.5 Å². The highest BCUT2D eigenvalue weighted by Crippen LogP contribution is 2.39. The monoisotopic (exact) mass is 419 g/mol. The maximum absolute atomic E-state index is 13.7. The Labute approximate surface area is 181 Å². The summed E-state index contributed by atoms with van der Waals surface area (Å²) in [6.07, 6.45) is 3.09. The highest BCUT2D eigenvalue weighted by Gasteiger charge is 2.38. The van der Waals surface area contributed by atoms with Gasteiger partial charge in [0.2, 0.25) is 5.91 Å². The summed E-state index contributed by atoms with van der Waals surface area (Å²) in [5.74, 6) is 2.07. The summed E-state index contributed by atoms with van der Waals surface area (Å²) >= 11 is 0. The number of hydrogen-bond donors (Lipinski definition) is 1. The quantitative estimate of drug-likeness (QED) is 0.703. The summed E-state index contributed by atoms with van der Waals surface area (Å²) in [5, 5.41) is 0. The zero-order chi connectivity index (χ0) is 21.4. The van der Waals surface area contributed by atoms with Crippen molar-refractivity contribution in [2.24, 2.45) is 5.92 Å². The average Bonchev–Trinajstić information content (AvgIpc) is 3.31. The van der Waals surface area contributed by atoms with Crippen LogP contribution in [0.25, 0.3) is 0 Å². The molecule has 0 saturated carbocycles. The number of fused-ring (bicyclic) bond motifs is 2. The molecule has 7 nitrogen and oxygen atoms in total. The van der Waals surface area contributed by atoms with Crippen LogP contribution in [-0.4, -0.2) is 48.1 Å². The number of nitrogens with zero attached hydrogens (tertiary/aromatic N) is 2. The molecule has 1 amide bonds. The van der Waals surface area contributed by atoms with Crippen molar-refractivity contribution in [3.8, 4) is 17.2 Å². The van der Waals surface area contributed by atoms with Gasteiger partial charge in [-0.25, -0.2) is 4.98 Å². The summed E-state index contributed by atoms with van der Waals surface area (Å²) in [7, 11) is 3.28. The van der Waals surface area contributed by atoms with E-state index < -0.39 is 0 Å². The number of ether oxygens (including phenoxy) is 3. The van der Waals surface area contributed by atoms with Crippen LogP contribution in [0.15, 0.2) is 48.8 Å². The van der Waals surface area contributed by atoms with Crippen LogP contribution in [0.3, 0.4) is 0 Å². The molecule has 160 valence electrons. The van der Waals surface area contributed by atoms with Crippen LogP contribution in [0.2, 0.25) is 0 Å². The van der Waals surface area contributed by atoms with Gasteiger partial charge in [0.05, 0.1) is 32.2 Å². The molecule has 0 aliphatic carbocycles. The first-order chi connectivity index (χ1) is 15.2. The molecular formula is C24H25N3O4. The first-order valence-electron chi connectivity index (χ1n) is 10.4. The minimum absolute atomic E-state index is 0.0861. The molecule has 3 aromatic rings. The lowest BCUT2D eigenvalue weighted by Crippen LogP contribution is -2.46. The lowest BCUT2D eigenvalue weighted by Gasteiger charge is -2.38. The van der Waals surface area contributed by atoms with E-state index in [-0.39, 0.29) is 17.9 Å². The Morgan fingerprint density at radius 2 is 2.00 bits per heavy atom. The lowest BCUT2D eigenvalue weighted by molar-refractivity contribution is -0.139. The van der Waals surface area contributed by atoms with Crippen LogP contribution in [0.4, 0.5) is 0 Å². The molecule has 0 radical (unpaired) electrons. The largest absolute Gasteiger partial charge is 0.497 e. The van der Waals surface area contributed by atoms with Gasteiger partial charge in [-0.1, -0.05) is 24.3 Å². The first kappa shape index (κ1) is 19.5. The van der Waals surface area contributed by atoms with Crippen LogP contribution in [0.1, 0.15) is 28.6 Å². The Bertz CT molecular complexity index is 1090. The second kappa shape index (κ2) is 7.98. The standard InChI is InChI=1S/C24H25N3O4/c1-29-18-8-6-15(7-9-18)22-21-19(25-14-26-21)10-11-27(22)24(28)17-12-16-4-3-5-20(30-2)23(16)31-13-17/h3-9,14,17,22H,10-13H2,1-2H3,(H,25,26). The minimum atomic E-state index is -0.249. The molecule has 2 aliphatic heterocycles. The fourth-order valence-electron chi connectivity index (χ4n) is 4.59. The number of carbonyl (C=O) groups is 1. The zero-order valence-corrected chi connectivity index (χ0v) is 17.6. The number of benzene rings is 2. The van der Waals surface area contributed by atoms with Crippen LogP contribution >= 0.6 is 0 Å². The van der Waals surface area contributed by atoms with E-state index in [1.165, 1.54) is 0 Å². The van der Waals surface area contributed by atoms with Crippen molar-refractivity contribution in [3.63, 3.8) is 0 Å². The zero-order valence-electron chi connectivity index (χ0n) is 17.6. The fraction of sp³-hybridized carbons (Fsp3) is 0.333. The van der Waals surface area contributed by atoms with Crippen LogP contribution in [0.5, 0.6) is 17.2 Å². The van der Waals surface area contributed by atoms with Gasteiger partial charge in [0.1, 0.15) is 18.4 Å². The summed E-state index contributed by atoms with van der Waals surface area (Å²) in [6.45, 7) is 0.970. The maximum atomic E-state index is 13.7. The fourth-order valence-corrected chi connectivity index (χ4v) is 4.59. The van der Waals surface area contributed by atoms with Crippen molar-refractivity contribution >= 4 is 5.91 Å². The van der Waals surface area contributed by atoms with Crippen molar-refractivity contribution in [1.29, 1.82) is 0 Å². The predicted octanol–water partition coefficient (Wildman–Crippen LogP) is 3.15. The Hall–Kier alpha value is -3.48.